The summed E-state index contributed by atoms with van der Waals surface area (Å²) in [5.41, 5.74) is 6.18. The molecule has 0 aromatic heterocycles. The van der Waals surface area contributed by atoms with E-state index in [1.807, 2.05) is 42.5 Å². The SMILES string of the molecule is COC(CN)CC(=O)NCC(=O)Nc1cccc2ccccc12. The number of carbonyl (C=O) groups excluding carboxylic acids is 2. The van der Waals surface area contributed by atoms with Gasteiger partial charge in [-0.15, -0.1) is 0 Å². The first kappa shape index (κ1) is 16.9. The average Bonchev–Trinajstić information content (AvgIpc) is 2.58. The minimum atomic E-state index is -0.337. The summed E-state index contributed by atoms with van der Waals surface area (Å²) in [4.78, 5) is 23.7. The molecule has 4 N–H and O–H groups in total. The van der Waals surface area contributed by atoms with Gasteiger partial charge in [0.15, 0.2) is 0 Å². The van der Waals surface area contributed by atoms with Crippen LogP contribution < -0.4 is 16.4 Å². The quantitative estimate of drug-likeness (QED) is 0.717. The van der Waals surface area contributed by atoms with Crippen molar-refractivity contribution in [3.05, 3.63) is 42.5 Å². The van der Waals surface area contributed by atoms with Gasteiger partial charge in [0, 0.05) is 24.7 Å². The van der Waals surface area contributed by atoms with Gasteiger partial charge in [-0.3, -0.25) is 9.59 Å². The standard InChI is InChI=1S/C17H21N3O3/c1-23-13(10-18)9-16(21)19-11-17(22)20-15-8-4-6-12-5-2-3-7-14(12)15/h2-8,13H,9-11,18H2,1H3,(H,19,21)(H,20,22). The Bertz CT molecular complexity index is 678. The fourth-order valence-electron chi connectivity index (χ4n) is 2.25. The summed E-state index contributed by atoms with van der Waals surface area (Å²) >= 11 is 0. The minimum Gasteiger partial charge on any atom is -0.380 e. The van der Waals surface area contributed by atoms with Gasteiger partial charge < -0.3 is 21.1 Å². The van der Waals surface area contributed by atoms with Crippen LogP contribution in [0.4, 0.5) is 5.69 Å². The van der Waals surface area contributed by atoms with Crippen molar-refractivity contribution in [3.63, 3.8) is 0 Å². The molecule has 1 unspecified atom stereocenters. The van der Waals surface area contributed by atoms with Crippen LogP contribution in [0, 0.1) is 0 Å². The van der Waals surface area contributed by atoms with Gasteiger partial charge in [-0.25, -0.2) is 0 Å². The number of hydrogen-bond acceptors (Lipinski definition) is 4. The molecule has 2 rings (SSSR count). The first-order valence-corrected chi connectivity index (χ1v) is 7.41. The Balaban J connectivity index is 1.90. The van der Waals surface area contributed by atoms with E-state index in [1.54, 1.807) is 0 Å². The van der Waals surface area contributed by atoms with Crippen molar-refractivity contribution in [1.29, 1.82) is 0 Å². The van der Waals surface area contributed by atoms with Crippen molar-refractivity contribution < 1.29 is 14.3 Å². The van der Waals surface area contributed by atoms with Gasteiger partial charge in [-0.05, 0) is 11.5 Å². The molecule has 0 aliphatic rings. The number of hydrogen-bond donors (Lipinski definition) is 3. The molecule has 2 amide bonds. The molecule has 23 heavy (non-hydrogen) atoms. The van der Waals surface area contributed by atoms with E-state index in [0.717, 1.165) is 16.5 Å². The smallest absolute Gasteiger partial charge is 0.243 e. The maximum Gasteiger partial charge on any atom is 0.243 e. The van der Waals surface area contributed by atoms with Crippen LogP contribution >= 0.6 is 0 Å². The molecule has 0 fully saturated rings. The maximum atomic E-state index is 12.0. The topological polar surface area (TPSA) is 93.4 Å². The highest BCUT2D eigenvalue weighted by Gasteiger charge is 2.12. The van der Waals surface area contributed by atoms with E-state index in [1.165, 1.54) is 7.11 Å². The Hall–Kier alpha value is -2.44. The number of methoxy groups -OCH3 is 1. The van der Waals surface area contributed by atoms with E-state index >= 15 is 0 Å². The Morgan fingerprint density at radius 1 is 1.13 bits per heavy atom. The zero-order valence-electron chi connectivity index (χ0n) is 13.0. The number of rotatable bonds is 7. The Morgan fingerprint density at radius 3 is 2.61 bits per heavy atom. The summed E-state index contributed by atoms with van der Waals surface area (Å²) in [6, 6.07) is 13.5. The minimum absolute atomic E-state index is 0.0942. The van der Waals surface area contributed by atoms with Crippen LogP contribution in [0.25, 0.3) is 10.8 Å². The third kappa shape index (κ3) is 4.77. The van der Waals surface area contributed by atoms with Gasteiger partial charge in [0.2, 0.25) is 11.8 Å². The molecule has 2 aromatic carbocycles. The molecule has 6 nitrogen and oxygen atoms in total. The summed E-state index contributed by atoms with van der Waals surface area (Å²) in [6.45, 7) is 0.162. The molecular formula is C17H21N3O3. The molecule has 0 radical (unpaired) electrons. The monoisotopic (exact) mass is 315 g/mol. The van der Waals surface area contributed by atoms with Gasteiger partial charge in [-0.1, -0.05) is 36.4 Å². The van der Waals surface area contributed by atoms with E-state index < -0.39 is 0 Å². The van der Waals surface area contributed by atoms with Gasteiger partial charge in [0.05, 0.1) is 19.1 Å². The number of amides is 2. The second-order valence-corrected chi connectivity index (χ2v) is 5.15. The van der Waals surface area contributed by atoms with Gasteiger partial charge in [0.25, 0.3) is 0 Å². The summed E-state index contributed by atoms with van der Waals surface area (Å²) in [6.07, 6.45) is -0.203. The van der Waals surface area contributed by atoms with Gasteiger partial charge in [0.1, 0.15) is 0 Å². The number of anilines is 1. The Morgan fingerprint density at radius 2 is 1.87 bits per heavy atom. The molecule has 0 saturated carbocycles. The first-order valence-electron chi connectivity index (χ1n) is 7.41. The number of nitrogens with two attached hydrogens (primary N) is 1. The van der Waals surface area contributed by atoms with Crippen LogP contribution in [-0.4, -0.2) is 38.1 Å². The van der Waals surface area contributed by atoms with Crippen LogP contribution in [0.1, 0.15) is 6.42 Å². The summed E-state index contributed by atoms with van der Waals surface area (Å²) < 4.78 is 5.03. The van der Waals surface area contributed by atoms with E-state index in [-0.39, 0.29) is 37.4 Å². The number of ether oxygens (including phenoxy) is 1. The Kier molecular flexibility index (Phi) is 6.08. The molecule has 122 valence electrons. The summed E-state index contributed by atoms with van der Waals surface area (Å²) in [5.74, 6) is -0.549. The van der Waals surface area contributed by atoms with Crippen molar-refractivity contribution in [2.75, 3.05) is 25.5 Å². The van der Waals surface area contributed by atoms with Crippen molar-refractivity contribution in [2.45, 2.75) is 12.5 Å². The predicted octanol–water partition coefficient (Wildman–Crippen LogP) is 1.26. The normalized spacial score (nSPS) is 11.9. The van der Waals surface area contributed by atoms with Crippen molar-refractivity contribution in [2.24, 2.45) is 5.73 Å². The number of nitrogens with one attached hydrogen (secondary N) is 2. The third-order valence-corrected chi connectivity index (χ3v) is 3.52. The zero-order chi connectivity index (χ0) is 16.7. The molecule has 0 aliphatic carbocycles. The molecule has 0 bridgehead atoms. The van der Waals surface area contributed by atoms with Crippen molar-refractivity contribution in [3.8, 4) is 0 Å². The van der Waals surface area contributed by atoms with Gasteiger partial charge >= 0.3 is 0 Å². The molecular weight excluding hydrogens is 294 g/mol. The summed E-state index contributed by atoms with van der Waals surface area (Å²) in [5, 5.41) is 7.37. The fraction of sp³-hybridized carbons (Fsp3) is 0.294. The highest BCUT2D eigenvalue weighted by atomic mass is 16.5. The van der Waals surface area contributed by atoms with E-state index in [4.69, 9.17) is 10.5 Å². The predicted molar refractivity (Wildman–Crippen MR) is 90.1 cm³/mol. The van der Waals surface area contributed by atoms with E-state index in [9.17, 15) is 9.59 Å². The molecule has 1 atom stereocenters. The molecule has 0 heterocycles. The molecule has 0 aliphatic heterocycles. The van der Waals surface area contributed by atoms with Crippen molar-refractivity contribution >= 4 is 28.3 Å². The van der Waals surface area contributed by atoms with E-state index in [2.05, 4.69) is 10.6 Å². The van der Waals surface area contributed by atoms with E-state index in [0.29, 0.717) is 0 Å². The second-order valence-electron chi connectivity index (χ2n) is 5.15. The lowest BCUT2D eigenvalue weighted by Crippen LogP contribution is -2.36. The van der Waals surface area contributed by atoms with Crippen LogP contribution in [0.5, 0.6) is 0 Å². The molecule has 6 heteroatoms. The Labute approximate surface area is 135 Å². The van der Waals surface area contributed by atoms with Crippen LogP contribution in [0.2, 0.25) is 0 Å². The highest BCUT2D eigenvalue weighted by Crippen LogP contribution is 2.22. The average molecular weight is 315 g/mol. The fourth-order valence-corrected chi connectivity index (χ4v) is 2.25. The number of carbonyl (C=O) groups is 2. The molecule has 0 spiro atoms. The number of benzene rings is 2. The van der Waals surface area contributed by atoms with Crippen molar-refractivity contribution in [1.82, 2.24) is 5.32 Å². The molecule has 0 saturated heterocycles. The summed E-state index contributed by atoms with van der Waals surface area (Å²) in [7, 11) is 1.50. The lowest BCUT2D eigenvalue weighted by molar-refractivity contribution is -0.125. The third-order valence-electron chi connectivity index (χ3n) is 3.52. The van der Waals surface area contributed by atoms with Gasteiger partial charge in [-0.2, -0.15) is 0 Å². The largest absolute Gasteiger partial charge is 0.380 e. The second kappa shape index (κ2) is 8.26. The van der Waals surface area contributed by atoms with Crippen LogP contribution in [0.15, 0.2) is 42.5 Å². The molecule has 2 aromatic rings. The first-order chi connectivity index (χ1) is 11.1. The van der Waals surface area contributed by atoms with Crippen LogP contribution in [-0.2, 0) is 14.3 Å². The van der Waals surface area contributed by atoms with Crippen LogP contribution in [0.3, 0.4) is 0 Å². The lowest BCUT2D eigenvalue weighted by atomic mass is 10.1. The number of fused-ring (bicyclic) bond motifs is 1. The highest BCUT2D eigenvalue weighted by molar-refractivity contribution is 6.03. The maximum absolute atomic E-state index is 12.0. The zero-order valence-corrected chi connectivity index (χ0v) is 13.0. The lowest BCUT2D eigenvalue weighted by Gasteiger charge is -2.13.